The molecule has 2 rings (SSSR count). The van der Waals surface area contributed by atoms with E-state index in [9.17, 15) is 4.79 Å². The Bertz CT molecular complexity index is 169. The number of carbonyl (C=O) groups is 1. The van der Waals surface area contributed by atoms with Gasteiger partial charge in [0.15, 0.2) is 0 Å². The molecule has 2 aliphatic heterocycles. The number of rotatable bonds is 1. The molecule has 0 aromatic rings. The Balaban J connectivity index is 1.94. The van der Waals surface area contributed by atoms with Crippen LogP contribution in [0, 0.1) is 5.92 Å². The Morgan fingerprint density at radius 1 is 1.40 bits per heavy atom. The van der Waals surface area contributed by atoms with Gasteiger partial charge in [-0.1, -0.05) is 0 Å². The third kappa shape index (κ3) is 0.904. The highest BCUT2D eigenvalue weighted by atomic mass is 16.4. The highest BCUT2D eigenvalue weighted by Crippen LogP contribution is 2.31. The minimum Gasteiger partial charge on any atom is -0.481 e. The van der Waals surface area contributed by atoms with Gasteiger partial charge >= 0.3 is 5.97 Å². The second-order valence-electron chi connectivity index (χ2n) is 3.22. The van der Waals surface area contributed by atoms with Crippen molar-refractivity contribution in [3.8, 4) is 0 Å². The number of fused-ring (bicyclic) bond motifs is 1. The van der Waals surface area contributed by atoms with Crippen LogP contribution in [-0.4, -0.2) is 35.1 Å². The first-order valence-electron chi connectivity index (χ1n) is 3.74. The van der Waals surface area contributed by atoms with E-state index < -0.39 is 5.97 Å². The first-order chi connectivity index (χ1) is 4.77. The van der Waals surface area contributed by atoms with Gasteiger partial charge in [-0.05, 0) is 12.8 Å². The molecule has 0 spiro atoms. The molecule has 0 amide bonds. The van der Waals surface area contributed by atoms with Gasteiger partial charge in [0, 0.05) is 19.1 Å². The van der Waals surface area contributed by atoms with E-state index >= 15 is 0 Å². The number of hydrogen-bond donors (Lipinski definition) is 1. The van der Waals surface area contributed by atoms with Gasteiger partial charge in [-0.15, -0.1) is 0 Å². The molecule has 0 aromatic heterocycles. The predicted molar refractivity (Wildman–Crippen MR) is 35.7 cm³/mol. The topological polar surface area (TPSA) is 40.3 Å². The summed E-state index contributed by atoms with van der Waals surface area (Å²) in [4.78, 5) is 12.7. The molecule has 3 unspecified atom stereocenters. The number of hydrogen-bond acceptors (Lipinski definition) is 2. The van der Waals surface area contributed by atoms with Crippen molar-refractivity contribution in [3.63, 3.8) is 0 Å². The monoisotopic (exact) mass is 141 g/mol. The molecule has 3 atom stereocenters. The fraction of sp³-hybridized carbons (Fsp3) is 0.857. The van der Waals surface area contributed by atoms with Crippen molar-refractivity contribution < 1.29 is 9.90 Å². The van der Waals surface area contributed by atoms with Crippen molar-refractivity contribution in [3.05, 3.63) is 0 Å². The maximum atomic E-state index is 10.5. The smallest absolute Gasteiger partial charge is 0.307 e. The van der Waals surface area contributed by atoms with Gasteiger partial charge in [0.1, 0.15) is 0 Å². The minimum atomic E-state index is -0.620. The second kappa shape index (κ2) is 1.95. The largest absolute Gasteiger partial charge is 0.481 e. The van der Waals surface area contributed by atoms with Gasteiger partial charge in [-0.2, -0.15) is 0 Å². The van der Waals surface area contributed by atoms with Crippen molar-refractivity contribution in [1.82, 2.24) is 4.90 Å². The molecule has 0 aliphatic carbocycles. The molecule has 2 fully saturated rings. The summed E-state index contributed by atoms with van der Waals surface area (Å²) in [6.45, 7) is 1.93. The van der Waals surface area contributed by atoms with Crippen molar-refractivity contribution >= 4 is 5.97 Å². The zero-order valence-corrected chi connectivity index (χ0v) is 5.79. The number of piperidine rings is 1. The van der Waals surface area contributed by atoms with Crippen LogP contribution in [0.5, 0.6) is 0 Å². The van der Waals surface area contributed by atoms with Gasteiger partial charge in [-0.25, -0.2) is 0 Å². The van der Waals surface area contributed by atoms with E-state index in [0.29, 0.717) is 0 Å². The molecule has 0 bridgehead atoms. The average Bonchev–Trinajstić information content (AvgIpc) is 2.63. The Hall–Kier alpha value is -0.570. The maximum Gasteiger partial charge on any atom is 0.307 e. The minimum absolute atomic E-state index is 0.0845. The van der Waals surface area contributed by atoms with Crippen molar-refractivity contribution in [1.29, 1.82) is 0 Å². The summed E-state index contributed by atoms with van der Waals surface area (Å²) in [6, 6.07) is 0.746. The van der Waals surface area contributed by atoms with Crippen molar-refractivity contribution in [2.24, 2.45) is 5.92 Å². The summed E-state index contributed by atoms with van der Waals surface area (Å²) >= 11 is 0. The average molecular weight is 141 g/mol. The van der Waals surface area contributed by atoms with E-state index in [1.165, 1.54) is 0 Å². The highest BCUT2D eigenvalue weighted by molar-refractivity contribution is 5.70. The van der Waals surface area contributed by atoms with E-state index in [1.54, 1.807) is 0 Å². The van der Waals surface area contributed by atoms with Crippen LogP contribution in [0.15, 0.2) is 0 Å². The molecule has 3 heteroatoms. The van der Waals surface area contributed by atoms with Crippen LogP contribution in [0.1, 0.15) is 12.8 Å². The summed E-state index contributed by atoms with van der Waals surface area (Å²) in [5.41, 5.74) is 0. The van der Waals surface area contributed by atoms with E-state index in [4.69, 9.17) is 5.11 Å². The summed E-state index contributed by atoms with van der Waals surface area (Å²) < 4.78 is 0. The van der Waals surface area contributed by atoms with Crippen LogP contribution in [0.4, 0.5) is 0 Å². The summed E-state index contributed by atoms with van der Waals surface area (Å²) in [7, 11) is 0. The SMILES string of the molecule is O=C(O)C1CCC2CN2C1. The van der Waals surface area contributed by atoms with Crippen LogP contribution in [0.25, 0.3) is 0 Å². The Morgan fingerprint density at radius 3 is 2.80 bits per heavy atom. The number of carboxylic acid groups (broad SMARTS) is 1. The highest BCUT2D eigenvalue weighted by Gasteiger charge is 2.41. The van der Waals surface area contributed by atoms with Crippen molar-refractivity contribution in [2.45, 2.75) is 18.9 Å². The first-order valence-corrected chi connectivity index (χ1v) is 3.74. The lowest BCUT2D eigenvalue weighted by atomic mass is 10.00. The molecule has 0 saturated carbocycles. The predicted octanol–water partition coefficient (Wildman–Crippen LogP) is 0.165. The fourth-order valence-corrected chi connectivity index (χ4v) is 1.69. The first kappa shape index (κ1) is 6.16. The van der Waals surface area contributed by atoms with Gasteiger partial charge in [0.25, 0.3) is 0 Å². The molecule has 56 valence electrons. The molecule has 3 nitrogen and oxygen atoms in total. The molecule has 0 radical (unpaired) electrons. The summed E-state index contributed by atoms with van der Waals surface area (Å²) in [5, 5.41) is 8.65. The third-order valence-corrected chi connectivity index (χ3v) is 2.48. The summed E-state index contributed by atoms with van der Waals surface area (Å²) in [6.07, 6.45) is 1.98. The standard InChI is InChI=1S/C7H11NO2/c9-7(10)5-1-2-6-4-8(6)3-5/h5-6H,1-4H2,(H,9,10). The Morgan fingerprint density at radius 2 is 2.20 bits per heavy atom. The lowest BCUT2D eigenvalue weighted by Crippen LogP contribution is -2.27. The normalized spacial score (nSPS) is 44.2. The molecular formula is C7H11NO2. The molecule has 10 heavy (non-hydrogen) atoms. The number of nitrogens with zero attached hydrogens (tertiary/aromatic N) is 1. The fourth-order valence-electron chi connectivity index (χ4n) is 1.69. The van der Waals surface area contributed by atoms with E-state index in [-0.39, 0.29) is 5.92 Å². The quantitative estimate of drug-likeness (QED) is 0.529. The zero-order chi connectivity index (χ0) is 7.14. The van der Waals surface area contributed by atoms with Crippen LogP contribution < -0.4 is 0 Å². The van der Waals surface area contributed by atoms with Crippen LogP contribution in [-0.2, 0) is 4.79 Å². The summed E-state index contributed by atoms with van der Waals surface area (Å²) in [5.74, 6) is -0.705. The van der Waals surface area contributed by atoms with Crippen LogP contribution in [0.2, 0.25) is 0 Å². The maximum absolute atomic E-state index is 10.5. The zero-order valence-electron chi connectivity index (χ0n) is 5.79. The second-order valence-corrected chi connectivity index (χ2v) is 3.22. The van der Waals surface area contributed by atoms with Gasteiger partial charge < -0.3 is 5.11 Å². The molecule has 0 aromatic carbocycles. The van der Waals surface area contributed by atoms with Gasteiger partial charge in [0.05, 0.1) is 5.92 Å². The lowest BCUT2D eigenvalue weighted by Gasteiger charge is -2.17. The van der Waals surface area contributed by atoms with E-state index in [1.807, 2.05) is 0 Å². The molecule has 2 aliphatic rings. The van der Waals surface area contributed by atoms with E-state index in [0.717, 1.165) is 32.0 Å². The van der Waals surface area contributed by atoms with Crippen LogP contribution >= 0.6 is 0 Å². The van der Waals surface area contributed by atoms with Crippen molar-refractivity contribution in [2.75, 3.05) is 13.1 Å². The number of aliphatic carboxylic acids is 1. The van der Waals surface area contributed by atoms with Gasteiger partial charge in [-0.3, -0.25) is 9.69 Å². The molecule has 2 saturated heterocycles. The van der Waals surface area contributed by atoms with E-state index in [2.05, 4.69) is 4.90 Å². The number of carboxylic acids is 1. The molecule has 2 heterocycles. The Kier molecular flexibility index (Phi) is 1.20. The lowest BCUT2D eigenvalue weighted by molar-refractivity contribution is -0.142. The molecular weight excluding hydrogens is 130 g/mol. The molecule has 1 N–H and O–H groups in total. The van der Waals surface area contributed by atoms with Crippen LogP contribution in [0.3, 0.4) is 0 Å². The third-order valence-electron chi connectivity index (χ3n) is 2.48. The van der Waals surface area contributed by atoms with Gasteiger partial charge in [0.2, 0.25) is 0 Å². The Labute approximate surface area is 59.6 Å².